The lowest BCUT2D eigenvalue weighted by atomic mass is 9.79. The van der Waals surface area contributed by atoms with Gasteiger partial charge in [-0.25, -0.2) is 0 Å². The lowest BCUT2D eigenvalue weighted by molar-refractivity contribution is 0.666. The van der Waals surface area contributed by atoms with Gasteiger partial charge in [0.15, 0.2) is 0 Å². The Hall–Kier alpha value is -7.02. The first-order chi connectivity index (χ1) is 28.0. The van der Waals surface area contributed by atoms with Crippen LogP contribution >= 0.6 is 0 Å². The Morgan fingerprint density at radius 2 is 0.702 bits per heavy atom. The minimum Gasteiger partial charge on any atom is -0.0616 e. The van der Waals surface area contributed by atoms with Crippen molar-refractivity contribution in [2.45, 2.75) is 19.3 Å². The molecular weight excluding hydrogens is 685 g/mol. The van der Waals surface area contributed by atoms with Crippen molar-refractivity contribution in [3.05, 3.63) is 205 Å². The predicted octanol–water partition coefficient (Wildman–Crippen LogP) is 15.9. The summed E-state index contributed by atoms with van der Waals surface area (Å²) in [6, 6.07) is 72.6. The van der Waals surface area contributed by atoms with Crippen molar-refractivity contribution in [1.82, 2.24) is 0 Å². The minimum absolute atomic E-state index is 0.131. The summed E-state index contributed by atoms with van der Waals surface area (Å²) in [5.74, 6) is 0. The lowest BCUT2D eigenvalue weighted by Crippen LogP contribution is -2.15. The van der Waals surface area contributed by atoms with E-state index in [1.54, 1.807) is 0 Å². The largest absolute Gasteiger partial charge is 0.0616 e. The van der Waals surface area contributed by atoms with Gasteiger partial charge in [-0.2, -0.15) is 0 Å². The van der Waals surface area contributed by atoms with Crippen LogP contribution in [0.25, 0.3) is 109 Å². The van der Waals surface area contributed by atoms with Gasteiger partial charge in [-0.05, 0) is 132 Å². The zero-order valence-corrected chi connectivity index (χ0v) is 32.0. The maximum atomic E-state index is 2.50. The topological polar surface area (TPSA) is 0 Å². The van der Waals surface area contributed by atoms with E-state index in [0.717, 1.165) is 0 Å². The molecule has 0 unspecified atom stereocenters. The second-order valence-electron chi connectivity index (χ2n) is 16.4. The van der Waals surface area contributed by atoms with Crippen molar-refractivity contribution in [2.24, 2.45) is 0 Å². The summed E-state index contributed by atoms with van der Waals surface area (Å²) >= 11 is 0. The Morgan fingerprint density at radius 3 is 1.33 bits per heavy atom. The van der Waals surface area contributed by atoms with Crippen molar-refractivity contribution < 1.29 is 0 Å². The molecule has 0 N–H and O–H groups in total. The minimum atomic E-state index is -0.131. The molecule has 12 rings (SSSR count). The van der Waals surface area contributed by atoms with E-state index in [9.17, 15) is 0 Å². The van der Waals surface area contributed by atoms with Crippen LogP contribution in [0, 0.1) is 0 Å². The zero-order chi connectivity index (χ0) is 37.8. The van der Waals surface area contributed by atoms with Crippen LogP contribution in [0.3, 0.4) is 0 Å². The van der Waals surface area contributed by atoms with Crippen LogP contribution in [0.4, 0.5) is 0 Å². The summed E-state index contributed by atoms with van der Waals surface area (Å²) in [7, 11) is 0. The SMILES string of the molecule is CC1(C)c2ccc(-c3c4ccccc4c(-c4ccc(-c5ccc6ccc7ccccc7c6c5)cc4)c4ccccc34)cc2-c2c1c1ccccc1c1ccccc21. The molecule has 57 heavy (non-hydrogen) atoms. The number of rotatable bonds is 3. The molecule has 0 spiro atoms. The van der Waals surface area contributed by atoms with E-state index in [0.29, 0.717) is 0 Å². The highest BCUT2D eigenvalue weighted by Gasteiger charge is 2.38. The van der Waals surface area contributed by atoms with Crippen LogP contribution in [0.15, 0.2) is 194 Å². The van der Waals surface area contributed by atoms with Gasteiger partial charge in [0.1, 0.15) is 0 Å². The summed E-state index contributed by atoms with van der Waals surface area (Å²) in [6.45, 7) is 4.82. The van der Waals surface area contributed by atoms with Crippen LogP contribution in [0.2, 0.25) is 0 Å². The molecule has 0 saturated heterocycles. The van der Waals surface area contributed by atoms with E-state index in [2.05, 4.69) is 208 Å². The maximum absolute atomic E-state index is 2.50. The first kappa shape index (κ1) is 32.2. The van der Waals surface area contributed by atoms with Crippen LogP contribution in [0.1, 0.15) is 25.0 Å². The van der Waals surface area contributed by atoms with E-state index in [1.165, 1.54) is 120 Å². The molecule has 0 aromatic heterocycles. The van der Waals surface area contributed by atoms with Crippen molar-refractivity contribution in [2.75, 3.05) is 0 Å². The Morgan fingerprint density at radius 1 is 0.281 bits per heavy atom. The van der Waals surface area contributed by atoms with Crippen LogP contribution in [0.5, 0.6) is 0 Å². The molecular formula is C57H38. The smallest absolute Gasteiger partial charge is 0.0165 e. The number of hydrogen-bond acceptors (Lipinski definition) is 0. The molecule has 1 aliphatic rings. The molecule has 11 aromatic rings. The lowest BCUT2D eigenvalue weighted by Gasteiger charge is -2.24. The second kappa shape index (κ2) is 12.0. The highest BCUT2D eigenvalue weighted by molar-refractivity contribution is 6.23. The maximum Gasteiger partial charge on any atom is 0.0165 e. The number of fused-ring (bicyclic) bond motifs is 13. The molecule has 0 bridgehead atoms. The Kier molecular flexibility index (Phi) is 6.78. The van der Waals surface area contributed by atoms with Crippen LogP contribution in [-0.4, -0.2) is 0 Å². The summed E-state index contributed by atoms with van der Waals surface area (Å²) < 4.78 is 0. The van der Waals surface area contributed by atoms with E-state index in [4.69, 9.17) is 0 Å². The third kappa shape index (κ3) is 4.62. The molecule has 0 fully saturated rings. The van der Waals surface area contributed by atoms with Gasteiger partial charge < -0.3 is 0 Å². The van der Waals surface area contributed by atoms with Crippen molar-refractivity contribution in [1.29, 1.82) is 0 Å². The van der Waals surface area contributed by atoms with Gasteiger partial charge in [0, 0.05) is 5.41 Å². The quantitative estimate of drug-likeness (QED) is 0.126. The average molecular weight is 723 g/mol. The van der Waals surface area contributed by atoms with Gasteiger partial charge >= 0.3 is 0 Å². The Labute approximate surface area is 332 Å². The second-order valence-corrected chi connectivity index (χ2v) is 16.4. The fourth-order valence-corrected chi connectivity index (χ4v) is 10.4. The van der Waals surface area contributed by atoms with Gasteiger partial charge in [0.05, 0.1) is 0 Å². The molecule has 0 radical (unpaired) electrons. The molecule has 1 aliphatic carbocycles. The first-order valence-corrected chi connectivity index (χ1v) is 20.1. The Bertz CT molecular complexity index is 3410. The van der Waals surface area contributed by atoms with Gasteiger partial charge in [-0.1, -0.05) is 196 Å². The van der Waals surface area contributed by atoms with Gasteiger partial charge in [0.2, 0.25) is 0 Å². The fourth-order valence-electron chi connectivity index (χ4n) is 10.4. The summed E-state index contributed by atoms with van der Waals surface area (Å²) in [6.07, 6.45) is 0. The molecule has 0 heteroatoms. The molecule has 266 valence electrons. The third-order valence-electron chi connectivity index (χ3n) is 13.0. The molecule has 0 saturated carbocycles. The molecule has 0 amide bonds. The summed E-state index contributed by atoms with van der Waals surface area (Å²) in [5, 5.41) is 15.6. The van der Waals surface area contributed by atoms with E-state index in [1.807, 2.05) is 0 Å². The van der Waals surface area contributed by atoms with E-state index >= 15 is 0 Å². The first-order valence-electron chi connectivity index (χ1n) is 20.1. The zero-order valence-electron chi connectivity index (χ0n) is 32.0. The Balaban J connectivity index is 1.05. The van der Waals surface area contributed by atoms with E-state index < -0.39 is 0 Å². The van der Waals surface area contributed by atoms with Crippen molar-refractivity contribution in [3.63, 3.8) is 0 Å². The number of hydrogen-bond donors (Lipinski definition) is 0. The van der Waals surface area contributed by atoms with Crippen molar-refractivity contribution in [3.8, 4) is 44.5 Å². The van der Waals surface area contributed by atoms with Crippen LogP contribution < -0.4 is 0 Å². The highest BCUT2D eigenvalue weighted by atomic mass is 14.4. The monoisotopic (exact) mass is 722 g/mol. The van der Waals surface area contributed by atoms with E-state index in [-0.39, 0.29) is 5.41 Å². The predicted molar refractivity (Wildman–Crippen MR) is 245 cm³/mol. The third-order valence-corrected chi connectivity index (χ3v) is 13.0. The van der Waals surface area contributed by atoms with Crippen LogP contribution in [-0.2, 0) is 5.41 Å². The summed E-state index contributed by atoms with van der Waals surface area (Å²) in [4.78, 5) is 0. The fraction of sp³-hybridized carbons (Fsp3) is 0.0526. The van der Waals surface area contributed by atoms with Gasteiger partial charge in [-0.15, -0.1) is 0 Å². The molecule has 0 aliphatic heterocycles. The summed E-state index contributed by atoms with van der Waals surface area (Å²) in [5.41, 5.74) is 13.0. The van der Waals surface area contributed by atoms with Crippen molar-refractivity contribution >= 4 is 64.6 Å². The molecule has 11 aromatic carbocycles. The number of benzene rings is 11. The standard InChI is InChI=1S/C57H38/c1-57(2)52-32-31-40(34-51(52)55-44-17-7-5-15-42(44)43-16-6-12-22-49(43)56(55)57)54-47-20-10-8-18-45(47)53(46-19-9-11-21-48(46)54)38-28-23-35(24-29-38)39-30-27-37-26-25-36-13-3-4-14-41(36)50(37)33-39/h3-34H,1-2H3. The van der Waals surface area contributed by atoms with Gasteiger partial charge in [-0.3, -0.25) is 0 Å². The molecule has 0 nitrogen and oxygen atoms in total. The highest BCUT2D eigenvalue weighted by Crippen LogP contribution is 2.56. The van der Waals surface area contributed by atoms with Gasteiger partial charge in [0.25, 0.3) is 0 Å². The molecule has 0 heterocycles. The average Bonchev–Trinajstić information content (AvgIpc) is 3.51. The molecule has 0 atom stereocenters. The normalized spacial score (nSPS) is 13.2.